The number of ketones is 1. The van der Waals surface area contributed by atoms with Gasteiger partial charge in [0.05, 0.1) is 12.5 Å². The molecule has 0 unspecified atom stereocenters. The number of H-pyrrole nitrogens is 1. The molecule has 0 saturated carbocycles. The van der Waals surface area contributed by atoms with Gasteiger partial charge >= 0.3 is 0 Å². The summed E-state index contributed by atoms with van der Waals surface area (Å²) in [5.41, 5.74) is 2.53. The second kappa shape index (κ2) is 5.59. The molecule has 0 aromatic carbocycles. The zero-order valence-corrected chi connectivity index (χ0v) is 9.43. The number of hydrogen-bond donors (Lipinski definition) is 2. The Bertz CT molecular complexity index is 506. The fourth-order valence-electron chi connectivity index (χ4n) is 0.933. The Morgan fingerprint density at radius 3 is 2.76 bits per heavy atom. The van der Waals surface area contributed by atoms with Crippen molar-refractivity contribution in [3.05, 3.63) is 34.7 Å². The second-order valence-corrected chi connectivity index (χ2v) is 3.25. The monoisotopic (exact) mass is 236 g/mol. The van der Waals surface area contributed by atoms with E-state index in [2.05, 4.69) is 15.4 Å². The van der Waals surface area contributed by atoms with E-state index in [0.29, 0.717) is 12.0 Å². The lowest BCUT2D eigenvalue weighted by molar-refractivity contribution is -0.113. The molecule has 0 aliphatic carbocycles. The van der Waals surface area contributed by atoms with E-state index in [1.807, 2.05) is 0 Å². The number of allylic oxidation sites excluding steroid dienone is 1. The summed E-state index contributed by atoms with van der Waals surface area (Å²) >= 11 is 0. The summed E-state index contributed by atoms with van der Waals surface area (Å²) in [6.07, 6.45) is 4.20. The van der Waals surface area contributed by atoms with E-state index in [4.69, 9.17) is 0 Å². The highest BCUT2D eigenvalue weighted by atomic mass is 16.2. The first-order valence-electron chi connectivity index (χ1n) is 4.77. The van der Waals surface area contributed by atoms with Crippen molar-refractivity contribution in [2.75, 3.05) is 5.01 Å². The van der Waals surface area contributed by atoms with Gasteiger partial charge in [0, 0.05) is 11.8 Å². The summed E-state index contributed by atoms with van der Waals surface area (Å²) < 4.78 is 0. The van der Waals surface area contributed by atoms with Crippen molar-refractivity contribution < 1.29 is 9.59 Å². The largest absolute Gasteiger partial charge is 0.311 e. The van der Waals surface area contributed by atoms with Gasteiger partial charge in [0.2, 0.25) is 6.41 Å². The van der Waals surface area contributed by atoms with Crippen LogP contribution in [0.15, 0.2) is 29.1 Å². The number of nitrogens with zero attached hydrogens (tertiary/aromatic N) is 2. The number of carbonyl (C=O) groups excluding carboxylic acids is 2. The van der Waals surface area contributed by atoms with Crippen molar-refractivity contribution >= 4 is 17.9 Å². The van der Waals surface area contributed by atoms with Crippen LogP contribution >= 0.6 is 0 Å². The molecule has 0 spiro atoms. The van der Waals surface area contributed by atoms with E-state index in [1.165, 1.54) is 25.6 Å². The minimum absolute atomic E-state index is 0.0371. The van der Waals surface area contributed by atoms with Crippen molar-refractivity contribution in [1.82, 2.24) is 15.4 Å². The van der Waals surface area contributed by atoms with Crippen LogP contribution in [0.3, 0.4) is 0 Å². The zero-order chi connectivity index (χ0) is 12.8. The predicted octanol–water partition coefficient (Wildman–Crippen LogP) is -0.270. The first-order valence-corrected chi connectivity index (χ1v) is 4.77. The third-order valence-electron chi connectivity index (χ3n) is 2.04. The van der Waals surface area contributed by atoms with Gasteiger partial charge in [-0.25, -0.2) is 9.99 Å². The lowest BCUT2D eigenvalue weighted by Crippen LogP contribution is -2.37. The summed E-state index contributed by atoms with van der Waals surface area (Å²) in [5, 5.41) is 0.929. The van der Waals surface area contributed by atoms with E-state index in [1.54, 1.807) is 6.92 Å². The zero-order valence-electron chi connectivity index (χ0n) is 9.43. The highest BCUT2D eigenvalue weighted by molar-refractivity contribution is 5.92. The molecular weight excluding hydrogens is 224 g/mol. The number of amides is 1. The van der Waals surface area contributed by atoms with Crippen molar-refractivity contribution in [2.45, 2.75) is 13.8 Å². The number of rotatable bonds is 5. The molecule has 1 heterocycles. The predicted molar refractivity (Wildman–Crippen MR) is 61.0 cm³/mol. The standard InChI is InChI=1S/C10H12N4O3/c1-7(8(2)16)3-13-14(6-15)9-4-11-5-12-10(9)17/h3-6,13H,1-2H3,(H,11,12,17)/b7-3-. The fourth-order valence-corrected chi connectivity index (χ4v) is 0.933. The quantitative estimate of drug-likeness (QED) is 0.417. The van der Waals surface area contributed by atoms with Gasteiger partial charge in [-0.15, -0.1) is 0 Å². The van der Waals surface area contributed by atoms with Crippen LogP contribution in [-0.2, 0) is 9.59 Å². The average molecular weight is 236 g/mol. The van der Waals surface area contributed by atoms with Crippen LogP contribution in [-0.4, -0.2) is 22.2 Å². The van der Waals surface area contributed by atoms with E-state index < -0.39 is 5.56 Å². The van der Waals surface area contributed by atoms with E-state index in [0.717, 1.165) is 5.01 Å². The summed E-state index contributed by atoms with van der Waals surface area (Å²) in [6.45, 7) is 2.99. The van der Waals surface area contributed by atoms with Crippen LogP contribution < -0.4 is 16.0 Å². The number of hydrogen-bond acceptors (Lipinski definition) is 5. The Labute approximate surface area is 97.1 Å². The number of aromatic nitrogens is 2. The normalized spacial score (nSPS) is 10.8. The Morgan fingerprint density at radius 2 is 2.24 bits per heavy atom. The van der Waals surface area contributed by atoms with Crippen LogP contribution in [0.4, 0.5) is 5.69 Å². The molecule has 0 saturated heterocycles. The molecule has 90 valence electrons. The molecule has 0 aliphatic heterocycles. The maximum Gasteiger partial charge on any atom is 0.276 e. The molecule has 0 fully saturated rings. The van der Waals surface area contributed by atoms with Crippen LogP contribution in [0, 0.1) is 0 Å². The second-order valence-electron chi connectivity index (χ2n) is 3.25. The topological polar surface area (TPSA) is 95.2 Å². The maximum absolute atomic E-state index is 11.4. The van der Waals surface area contributed by atoms with Crippen molar-refractivity contribution in [1.29, 1.82) is 0 Å². The third kappa shape index (κ3) is 3.26. The molecule has 7 heteroatoms. The van der Waals surface area contributed by atoms with Crippen LogP contribution in [0.2, 0.25) is 0 Å². The van der Waals surface area contributed by atoms with Crippen LogP contribution in [0.1, 0.15) is 13.8 Å². The molecule has 1 amide bonds. The number of hydrazine groups is 1. The Balaban J connectivity index is 2.91. The van der Waals surface area contributed by atoms with E-state index in [-0.39, 0.29) is 11.5 Å². The van der Waals surface area contributed by atoms with Crippen molar-refractivity contribution in [3.8, 4) is 0 Å². The molecule has 0 aliphatic rings. The first-order chi connectivity index (χ1) is 8.06. The summed E-state index contributed by atoms with van der Waals surface area (Å²) in [7, 11) is 0. The molecule has 0 radical (unpaired) electrons. The average Bonchev–Trinajstić information content (AvgIpc) is 2.31. The van der Waals surface area contributed by atoms with E-state index >= 15 is 0 Å². The lowest BCUT2D eigenvalue weighted by atomic mass is 10.2. The molecule has 1 rings (SSSR count). The smallest absolute Gasteiger partial charge is 0.276 e. The molecular formula is C10H12N4O3. The first kappa shape index (κ1) is 12.6. The highest BCUT2D eigenvalue weighted by Gasteiger charge is 2.08. The Hall–Kier alpha value is -2.44. The molecule has 0 bridgehead atoms. The molecule has 17 heavy (non-hydrogen) atoms. The van der Waals surface area contributed by atoms with Gasteiger partial charge in [0.25, 0.3) is 5.56 Å². The van der Waals surface area contributed by atoms with Gasteiger partial charge in [-0.05, 0) is 13.8 Å². The minimum Gasteiger partial charge on any atom is -0.311 e. The van der Waals surface area contributed by atoms with Gasteiger partial charge in [-0.2, -0.15) is 0 Å². The lowest BCUT2D eigenvalue weighted by Gasteiger charge is -2.15. The van der Waals surface area contributed by atoms with Gasteiger partial charge < -0.3 is 4.98 Å². The highest BCUT2D eigenvalue weighted by Crippen LogP contribution is 2.00. The molecule has 0 atom stereocenters. The number of anilines is 1. The SMILES string of the molecule is CC(=O)/C(C)=C\NN(C=O)c1cnc[nH]c1=O. The molecule has 2 N–H and O–H groups in total. The number of Topliss-reactive ketones (excluding diaryl/α,β-unsaturated/α-hetero) is 1. The molecule has 7 nitrogen and oxygen atoms in total. The number of nitrogens with one attached hydrogen (secondary N) is 2. The Kier molecular flexibility index (Phi) is 4.15. The van der Waals surface area contributed by atoms with Gasteiger partial charge in [-0.1, -0.05) is 0 Å². The molecule has 1 aromatic rings. The third-order valence-corrected chi connectivity index (χ3v) is 2.04. The molecule has 1 aromatic heterocycles. The van der Waals surface area contributed by atoms with Crippen LogP contribution in [0.25, 0.3) is 0 Å². The summed E-state index contributed by atoms with van der Waals surface area (Å²) in [4.78, 5) is 39.2. The van der Waals surface area contributed by atoms with Crippen LogP contribution in [0.5, 0.6) is 0 Å². The van der Waals surface area contributed by atoms with Gasteiger partial charge in [-0.3, -0.25) is 19.8 Å². The maximum atomic E-state index is 11.4. The van der Waals surface area contributed by atoms with Crippen molar-refractivity contribution in [3.63, 3.8) is 0 Å². The number of aromatic amines is 1. The van der Waals surface area contributed by atoms with Gasteiger partial charge in [0.1, 0.15) is 5.69 Å². The summed E-state index contributed by atoms with van der Waals surface area (Å²) in [6, 6.07) is 0. The minimum atomic E-state index is -0.464. The number of carbonyl (C=O) groups is 2. The fraction of sp³-hybridized carbons (Fsp3) is 0.200. The van der Waals surface area contributed by atoms with E-state index in [9.17, 15) is 14.4 Å². The van der Waals surface area contributed by atoms with Crippen molar-refractivity contribution in [2.24, 2.45) is 0 Å². The summed E-state index contributed by atoms with van der Waals surface area (Å²) in [5.74, 6) is -0.136. The Morgan fingerprint density at radius 1 is 1.53 bits per heavy atom. The van der Waals surface area contributed by atoms with Gasteiger partial charge in [0.15, 0.2) is 5.78 Å².